The summed E-state index contributed by atoms with van der Waals surface area (Å²) in [6.07, 6.45) is 4.03. The summed E-state index contributed by atoms with van der Waals surface area (Å²) in [5, 5.41) is 5.64. The number of ether oxygens (including phenoxy) is 2. The molecule has 0 radical (unpaired) electrons. The molecule has 0 unspecified atom stereocenters. The van der Waals surface area contributed by atoms with Crippen LogP contribution in [0.25, 0.3) is 0 Å². The molecule has 3 amide bonds. The van der Waals surface area contributed by atoms with E-state index in [0.29, 0.717) is 22.7 Å². The fraction of sp³-hybridized carbons (Fsp3) is 0.360. The third-order valence-electron chi connectivity index (χ3n) is 5.85. The molecule has 2 aromatic carbocycles. The summed E-state index contributed by atoms with van der Waals surface area (Å²) in [6.45, 7) is -0.475. The molecular weight excluding hydrogens is 438 g/mol. The molecule has 1 aliphatic heterocycles. The van der Waals surface area contributed by atoms with Crippen molar-refractivity contribution in [2.45, 2.75) is 38.1 Å². The first kappa shape index (κ1) is 23.3. The van der Waals surface area contributed by atoms with E-state index in [9.17, 15) is 19.2 Å². The third kappa shape index (κ3) is 5.72. The predicted molar refractivity (Wildman–Crippen MR) is 125 cm³/mol. The van der Waals surface area contributed by atoms with Gasteiger partial charge in [-0.15, -0.1) is 0 Å². The number of nitrogens with zero attached hydrogens (tertiary/aromatic N) is 1. The smallest absolute Gasteiger partial charge is 0.308 e. The van der Waals surface area contributed by atoms with Gasteiger partial charge in [-0.25, -0.2) is 0 Å². The molecule has 2 aliphatic rings. The molecule has 0 atom stereocenters. The molecule has 34 heavy (non-hydrogen) atoms. The van der Waals surface area contributed by atoms with Crippen LogP contribution in [0, 0.1) is 0 Å². The molecule has 0 saturated heterocycles. The van der Waals surface area contributed by atoms with E-state index in [1.54, 1.807) is 48.5 Å². The number of carbonyl (C=O) groups is 4. The van der Waals surface area contributed by atoms with Crippen molar-refractivity contribution >= 4 is 35.1 Å². The van der Waals surface area contributed by atoms with Crippen molar-refractivity contribution in [2.75, 3.05) is 30.0 Å². The first-order valence-electron chi connectivity index (χ1n) is 11.4. The van der Waals surface area contributed by atoms with Crippen molar-refractivity contribution in [2.24, 2.45) is 0 Å². The van der Waals surface area contributed by atoms with E-state index in [1.165, 1.54) is 4.90 Å². The molecule has 0 aromatic heterocycles. The van der Waals surface area contributed by atoms with Crippen LogP contribution in [-0.4, -0.2) is 49.5 Å². The van der Waals surface area contributed by atoms with E-state index in [0.717, 1.165) is 25.7 Å². The van der Waals surface area contributed by atoms with Gasteiger partial charge in [-0.05, 0) is 37.1 Å². The number of amides is 3. The Kier molecular flexibility index (Phi) is 7.41. The van der Waals surface area contributed by atoms with Crippen molar-refractivity contribution in [1.82, 2.24) is 5.32 Å². The topological polar surface area (TPSA) is 114 Å². The number of hydrogen-bond acceptors (Lipinski definition) is 6. The van der Waals surface area contributed by atoms with Gasteiger partial charge in [0.1, 0.15) is 5.75 Å². The lowest BCUT2D eigenvalue weighted by Gasteiger charge is -2.28. The van der Waals surface area contributed by atoms with E-state index in [-0.39, 0.29) is 37.4 Å². The minimum atomic E-state index is -0.612. The summed E-state index contributed by atoms with van der Waals surface area (Å²) in [4.78, 5) is 50.8. The Bertz CT molecular complexity index is 1080. The standard InChI is InChI=1S/C25H27N3O6/c29-22(27-19-10-4-3-9-18(19)25(32)26-17-7-1-2-8-17)15-34-24(31)13-14-28-20-11-5-6-12-21(20)33-16-23(28)30/h3-6,9-12,17H,1-2,7-8,13-16H2,(H,26,32)(H,27,29). The quantitative estimate of drug-likeness (QED) is 0.580. The van der Waals surface area contributed by atoms with Gasteiger partial charge in [0, 0.05) is 12.6 Å². The molecule has 2 aromatic rings. The monoisotopic (exact) mass is 465 g/mol. The van der Waals surface area contributed by atoms with Crippen molar-refractivity contribution in [3.05, 3.63) is 54.1 Å². The van der Waals surface area contributed by atoms with Gasteiger partial charge < -0.3 is 25.0 Å². The van der Waals surface area contributed by atoms with Crippen LogP contribution in [0.2, 0.25) is 0 Å². The molecule has 178 valence electrons. The van der Waals surface area contributed by atoms with E-state index in [4.69, 9.17) is 9.47 Å². The molecule has 0 bridgehead atoms. The van der Waals surface area contributed by atoms with Crippen LogP contribution >= 0.6 is 0 Å². The molecule has 4 rings (SSSR count). The molecular formula is C25H27N3O6. The largest absolute Gasteiger partial charge is 0.482 e. The molecule has 1 saturated carbocycles. The van der Waals surface area contributed by atoms with Crippen LogP contribution < -0.4 is 20.3 Å². The molecule has 2 N–H and O–H groups in total. The number of nitrogens with one attached hydrogen (secondary N) is 2. The summed E-state index contributed by atoms with van der Waals surface area (Å²) in [5.41, 5.74) is 1.31. The Morgan fingerprint density at radius 2 is 1.76 bits per heavy atom. The zero-order chi connectivity index (χ0) is 23.9. The average Bonchev–Trinajstić information content (AvgIpc) is 3.35. The van der Waals surface area contributed by atoms with E-state index in [2.05, 4.69) is 10.6 Å². The highest BCUT2D eigenvalue weighted by atomic mass is 16.5. The van der Waals surface area contributed by atoms with Crippen molar-refractivity contribution in [3.8, 4) is 5.75 Å². The van der Waals surface area contributed by atoms with Gasteiger partial charge in [-0.1, -0.05) is 37.1 Å². The van der Waals surface area contributed by atoms with Crippen molar-refractivity contribution in [3.63, 3.8) is 0 Å². The molecule has 0 spiro atoms. The Hall–Kier alpha value is -3.88. The Balaban J connectivity index is 1.26. The maximum Gasteiger partial charge on any atom is 0.308 e. The van der Waals surface area contributed by atoms with Crippen LogP contribution in [-0.2, 0) is 19.1 Å². The lowest BCUT2D eigenvalue weighted by molar-refractivity contribution is -0.147. The summed E-state index contributed by atoms with van der Waals surface area (Å²) in [5.74, 6) is -1.08. The maximum absolute atomic E-state index is 12.6. The Morgan fingerprint density at radius 1 is 1.03 bits per heavy atom. The zero-order valence-corrected chi connectivity index (χ0v) is 18.7. The van der Waals surface area contributed by atoms with Gasteiger partial charge >= 0.3 is 5.97 Å². The van der Waals surface area contributed by atoms with Gasteiger partial charge in [0.2, 0.25) is 0 Å². The van der Waals surface area contributed by atoms with Crippen LogP contribution in [0.1, 0.15) is 42.5 Å². The highest BCUT2D eigenvalue weighted by molar-refractivity contribution is 6.04. The second kappa shape index (κ2) is 10.8. The fourth-order valence-corrected chi connectivity index (χ4v) is 4.13. The van der Waals surface area contributed by atoms with Crippen molar-refractivity contribution < 1.29 is 28.7 Å². The average molecular weight is 466 g/mol. The fourth-order valence-electron chi connectivity index (χ4n) is 4.13. The predicted octanol–water partition coefficient (Wildman–Crippen LogP) is 2.66. The van der Waals surface area contributed by atoms with Crippen LogP contribution in [0.15, 0.2) is 48.5 Å². The number of esters is 1. The number of hydrogen-bond donors (Lipinski definition) is 2. The van der Waals surface area contributed by atoms with Crippen LogP contribution in [0.5, 0.6) is 5.75 Å². The van der Waals surface area contributed by atoms with E-state index >= 15 is 0 Å². The molecule has 1 heterocycles. The van der Waals surface area contributed by atoms with Crippen molar-refractivity contribution in [1.29, 1.82) is 0 Å². The van der Waals surface area contributed by atoms with Gasteiger partial charge in [-0.3, -0.25) is 19.2 Å². The number of para-hydroxylation sites is 3. The number of benzene rings is 2. The second-order valence-corrected chi connectivity index (χ2v) is 8.26. The Labute approximate surface area is 197 Å². The van der Waals surface area contributed by atoms with Crippen LogP contribution in [0.4, 0.5) is 11.4 Å². The molecule has 1 aliphatic carbocycles. The minimum Gasteiger partial charge on any atom is -0.482 e. The van der Waals surface area contributed by atoms with Crippen LogP contribution in [0.3, 0.4) is 0 Å². The SMILES string of the molecule is O=C(COC(=O)CCN1C(=O)COc2ccccc21)Nc1ccccc1C(=O)NC1CCCC1. The lowest BCUT2D eigenvalue weighted by atomic mass is 10.1. The molecule has 9 nitrogen and oxygen atoms in total. The number of carbonyl (C=O) groups excluding carboxylic acids is 4. The van der Waals surface area contributed by atoms with E-state index < -0.39 is 18.5 Å². The number of rotatable bonds is 8. The Morgan fingerprint density at radius 3 is 2.59 bits per heavy atom. The summed E-state index contributed by atoms with van der Waals surface area (Å²) in [6, 6.07) is 13.9. The first-order chi connectivity index (χ1) is 16.5. The molecule has 9 heteroatoms. The van der Waals surface area contributed by atoms with Gasteiger partial charge in [0.05, 0.1) is 23.4 Å². The highest BCUT2D eigenvalue weighted by Crippen LogP contribution is 2.31. The summed E-state index contributed by atoms with van der Waals surface area (Å²) in [7, 11) is 0. The van der Waals surface area contributed by atoms with Gasteiger partial charge in [-0.2, -0.15) is 0 Å². The normalized spacial score (nSPS) is 15.3. The maximum atomic E-state index is 12.6. The summed E-state index contributed by atoms with van der Waals surface area (Å²) < 4.78 is 10.5. The summed E-state index contributed by atoms with van der Waals surface area (Å²) >= 11 is 0. The number of anilines is 2. The van der Waals surface area contributed by atoms with E-state index in [1.807, 2.05) is 0 Å². The minimum absolute atomic E-state index is 0.0757. The highest BCUT2D eigenvalue weighted by Gasteiger charge is 2.26. The second-order valence-electron chi connectivity index (χ2n) is 8.26. The lowest BCUT2D eigenvalue weighted by Crippen LogP contribution is -2.40. The molecule has 1 fully saturated rings. The van der Waals surface area contributed by atoms with Gasteiger partial charge in [0.25, 0.3) is 17.7 Å². The third-order valence-corrected chi connectivity index (χ3v) is 5.85. The zero-order valence-electron chi connectivity index (χ0n) is 18.7. The number of fused-ring (bicyclic) bond motifs is 1. The first-order valence-corrected chi connectivity index (χ1v) is 11.4. The van der Waals surface area contributed by atoms with Gasteiger partial charge in [0.15, 0.2) is 13.2 Å².